The summed E-state index contributed by atoms with van der Waals surface area (Å²) in [5, 5.41) is 3.28. The van der Waals surface area contributed by atoms with Crippen LogP contribution in [0.15, 0.2) is 47.6 Å². The molecule has 3 rings (SSSR count). The van der Waals surface area contributed by atoms with Gasteiger partial charge in [-0.15, -0.1) is 0 Å². The zero-order valence-corrected chi connectivity index (χ0v) is 12.6. The van der Waals surface area contributed by atoms with E-state index in [2.05, 4.69) is 38.4 Å². The monoisotopic (exact) mass is 298 g/mol. The Kier molecular flexibility index (Phi) is 4.32. The third-order valence-corrected chi connectivity index (χ3v) is 3.69. The molecule has 22 heavy (non-hydrogen) atoms. The molecular weight excluding hydrogens is 279 g/mol. The number of halogens is 1. The van der Waals surface area contributed by atoms with Crippen molar-refractivity contribution in [1.29, 1.82) is 0 Å². The number of fused-ring (bicyclic) bond motifs is 1. The van der Waals surface area contributed by atoms with Crippen LogP contribution in [-0.2, 0) is 13.0 Å². The molecular formula is C17H19FN4. The Bertz CT molecular complexity index is 684. The molecule has 0 saturated heterocycles. The molecule has 1 N–H and O–H groups in total. The Morgan fingerprint density at radius 3 is 3.00 bits per heavy atom. The first kappa shape index (κ1) is 14.5. The van der Waals surface area contributed by atoms with Crippen molar-refractivity contribution in [3.8, 4) is 0 Å². The average Bonchev–Trinajstić information content (AvgIpc) is 2.97. The van der Waals surface area contributed by atoms with E-state index in [1.54, 1.807) is 12.3 Å². The van der Waals surface area contributed by atoms with Crippen molar-refractivity contribution < 1.29 is 4.39 Å². The smallest absolute Gasteiger partial charge is 0.198 e. The van der Waals surface area contributed by atoms with Gasteiger partial charge in [-0.3, -0.25) is 4.98 Å². The maximum absolute atomic E-state index is 13.7. The Labute approximate surface area is 129 Å². The number of aliphatic imine (C=N–C) groups is 1. The zero-order chi connectivity index (χ0) is 15.4. The van der Waals surface area contributed by atoms with Gasteiger partial charge in [-0.2, -0.15) is 0 Å². The van der Waals surface area contributed by atoms with Crippen molar-refractivity contribution in [3.05, 3.63) is 59.7 Å². The summed E-state index contributed by atoms with van der Waals surface area (Å²) in [6, 6.07) is 11.3. The molecule has 0 unspecified atom stereocenters. The van der Waals surface area contributed by atoms with Gasteiger partial charge in [-0.1, -0.05) is 18.2 Å². The van der Waals surface area contributed by atoms with Gasteiger partial charge in [0.05, 0.1) is 12.2 Å². The maximum atomic E-state index is 13.7. The number of nitrogens with one attached hydrogen (secondary N) is 1. The van der Waals surface area contributed by atoms with Crippen LogP contribution in [0.5, 0.6) is 0 Å². The van der Waals surface area contributed by atoms with E-state index >= 15 is 0 Å². The van der Waals surface area contributed by atoms with E-state index in [0.717, 1.165) is 25.5 Å². The third kappa shape index (κ3) is 2.93. The molecule has 5 heteroatoms. The number of hydrogen-bond donors (Lipinski definition) is 1. The number of para-hydroxylation sites is 1. The molecule has 0 spiro atoms. The standard InChI is InChI=1S/C17H19FN4/c1-2-19-17(21-12-15-14(18)7-5-10-20-15)22-11-9-13-6-3-4-8-16(13)22/h3-8,10H,2,9,11-12H2,1H3,(H,19,21). The number of nitrogens with zero attached hydrogens (tertiary/aromatic N) is 3. The van der Waals surface area contributed by atoms with E-state index in [4.69, 9.17) is 0 Å². The molecule has 0 aliphatic carbocycles. The Morgan fingerprint density at radius 2 is 2.18 bits per heavy atom. The van der Waals surface area contributed by atoms with Gasteiger partial charge in [-0.05, 0) is 37.1 Å². The Balaban J connectivity index is 1.84. The summed E-state index contributed by atoms with van der Waals surface area (Å²) < 4.78 is 13.7. The number of rotatable bonds is 3. The fourth-order valence-corrected chi connectivity index (χ4v) is 2.64. The SMILES string of the molecule is CCNC(=NCc1ncccc1F)N1CCc2ccccc21. The van der Waals surface area contributed by atoms with Gasteiger partial charge >= 0.3 is 0 Å². The van der Waals surface area contributed by atoms with Crippen molar-refractivity contribution in [2.24, 2.45) is 4.99 Å². The molecule has 0 fully saturated rings. The first-order valence-electron chi connectivity index (χ1n) is 7.52. The van der Waals surface area contributed by atoms with E-state index in [1.165, 1.54) is 17.3 Å². The van der Waals surface area contributed by atoms with Crippen molar-refractivity contribution >= 4 is 11.6 Å². The van der Waals surface area contributed by atoms with Crippen LogP contribution in [0, 0.1) is 5.82 Å². The van der Waals surface area contributed by atoms with Gasteiger partial charge in [-0.25, -0.2) is 9.38 Å². The molecule has 1 aliphatic rings. The van der Waals surface area contributed by atoms with Gasteiger partial charge in [0.25, 0.3) is 0 Å². The number of pyridine rings is 1. The number of guanidine groups is 1. The van der Waals surface area contributed by atoms with E-state index in [-0.39, 0.29) is 12.4 Å². The first-order valence-corrected chi connectivity index (χ1v) is 7.52. The second-order valence-electron chi connectivity index (χ2n) is 5.13. The van der Waals surface area contributed by atoms with Gasteiger partial charge in [0, 0.05) is 25.0 Å². The first-order chi connectivity index (χ1) is 10.8. The van der Waals surface area contributed by atoms with Crippen LogP contribution in [0.25, 0.3) is 0 Å². The molecule has 0 radical (unpaired) electrons. The number of aromatic nitrogens is 1. The van der Waals surface area contributed by atoms with Crippen LogP contribution in [0.3, 0.4) is 0 Å². The van der Waals surface area contributed by atoms with E-state index < -0.39 is 0 Å². The Morgan fingerprint density at radius 1 is 1.32 bits per heavy atom. The molecule has 4 nitrogen and oxygen atoms in total. The molecule has 0 bridgehead atoms. The topological polar surface area (TPSA) is 40.5 Å². The van der Waals surface area contributed by atoms with Crippen molar-refractivity contribution in [2.75, 3.05) is 18.0 Å². The Hall–Kier alpha value is -2.43. The molecule has 1 aromatic carbocycles. The molecule has 1 aliphatic heterocycles. The van der Waals surface area contributed by atoms with Crippen molar-refractivity contribution in [3.63, 3.8) is 0 Å². The maximum Gasteiger partial charge on any atom is 0.198 e. The molecule has 2 aromatic rings. The highest BCUT2D eigenvalue weighted by atomic mass is 19.1. The molecule has 2 heterocycles. The number of anilines is 1. The second kappa shape index (κ2) is 6.56. The number of benzene rings is 1. The summed E-state index contributed by atoms with van der Waals surface area (Å²) in [6.07, 6.45) is 2.59. The lowest BCUT2D eigenvalue weighted by Crippen LogP contribution is -2.40. The molecule has 0 saturated carbocycles. The third-order valence-electron chi connectivity index (χ3n) is 3.69. The average molecular weight is 298 g/mol. The lowest BCUT2D eigenvalue weighted by molar-refractivity contribution is 0.599. The molecule has 114 valence electrons. The van der Waals surface area contributed by atoms with E-state index in [0.29, 0.717) is 5.69 Å². The molecule has 0 amide bonds. The van der Waals surface area contributed by atoms with Crippen LogP contribution in [-0.4, -0.2) is 24.0 Å². The predicted octanol–water partition coefficient (Wildman–Crippen LogP) is 2.75. The fourth-order valence-electron chi connectivity index (χ4n) is 2.64. The second-order valence-corrected chi connectivity index (χ2v) is 5.13. The largest absolute Gasteiger partial charge is 0.356 e. The molecule has 0 atom stereocenters. The van der Waals surface area contributed by atoms with Crippen molar-refractivity contribution in [2.45, 2.75) is 19.9 Å². The number of hydrogen-bond acceptors (Lipinski definition) is 2. The summed E-state index contributed by atoms with van der Waals surface area (Å²) >= 11 is 0. The fraction of sp³-hybridized carbons (Fsp3) is 0.294. The van der Waals surface area contributed by atoms with Crippen LogP contribution >= 0.6 is 0 Å². The summed E-state index contributed by atoms with van der Waals surface area (Å²) in [5.41, 5.74) is 2.85. The highest BCUT2D eigenvalue weighted by Gasteiger charge is 2.22. The van der Waals surface area contributed by atoms with Gasteiger partial charge in [0.2, 0.25) is 0 Å². The lowest BCUT2D eigenvalue weighted by atomic mass is 10.2. The minimum atomic E-state index is -0.316. The van der Waals surface area contributed by atoms with Crippen LogP contribution in [0.4, 0.5) is 10.1 Å². The predicted molar refractivity (Wildman–Crippen MR) is 86.5 cm³/mol. The van der Waals surface area contributed by atoms with Crippen LogP contribution in [0.1, 0.15) is 18.2 Å². The highest BCUT2D eigenvalue weighted by molar-refractivity contribution is 5.97. The van der Waals surface area contributed by atoms with Crippen LogP contribution in [0.2, 0.25) is 0 Å². The van der Waals surface area contributed by atoms with Crippen LogP contribution < -0.4 is 10.2 Å². The van der Waals surface area contributed by atoms with Crippen molar-refractivity contribution in [1.82, 2.24) is 10.3 Å². The quantitative estimate of drug-likeness (QED) is 0.700. The summed E-state index contributed by atoms with van der Waals surface area (Å²) in [7, 11) is 0. The summed E-state index contributed by atoms with van der Waals surface area (Å²) in [6.45, 7) is 3.91. The van der Waals surface area contributed by atoms with Gasteiger partial charge in [0.15, 0.2) is 5.96 Å². The van der Waals surface area contributed by atoms with Gasteiger partial charge in [0.1, 0.15) is 5.82 Å². The summed E-state index contributed by atoms with van der Waals surface area (Å²) in [5.74, 6) is 0.460. The lowest BCUT2D eigenvalue weighted by Gasteiger charge is -2.22. The minimum Gasteiger partial charge on any atom is -0.356 e. The zero-order valence-electron chi connectivity index (χ0n) is 12.6. The van der Waals surface area contributed by atoms with Gasteiger partial charge < -0.3 is 10.2 Å². The van der Waals surface area contributed by atoms with E-state index in [9.17, 15) is 4.39 Å². The van der Waals surface area contributed by atoms with E-state index in [1.807, 2.05) is 13.0 Å². The highest BCUT2D eigenvalue weighted by Crippen LogP contribution is 2.27. The minimum absolute atomic E-state index is 0.230. The molecule has 1 aromatic heterocycles. The normalized spacial score (nSPS) is 14.1. The summed E-state index contributed by atoms with van der Waals surface area (Å²) in [4.78, 5) is 10.8.